The summed E-state index contributed by atoms with van der Waals surface area (Å²) in [6.07, 6.45) is 2.97. The van der Waals surface area contributed by atoms with Gasteiger partial charge in [0, 0.05) is 23.2 Å². The van der Waals surface area contributed by atoms with E-state index in [1.807, 2.05) is 6.07 Å². The van der Waals surface area contributed by atoms with Gasteiger partial charge in [-0.15, -0.1) is 0 Å². The number of rotatable bonds is 3. The normalized spacial score (nSPS) is 13.2. The second kappa shape index (κ2) is 5.09. The van der Waals surface area contributed by atoms with Crippen LogP contribution in [-0.2, 0) is 19.4 Å². The van der Waals surface area contributed by atoms with Gasteiger partial charge in [0.15, 0.2) is 5.69 Å². The zero-order chi connectivity index (χ0) is 14.1. The van der Waals surface area contributed by atoms with Crippen LogP contribution in [0.4, 0.5) is 5.69 Å². The number of carbonyl (C=O) groups is 1. The first-order valence-electron chi connectivity index (χ1n) is 6.37. The lowest BCUT2D eigenvalue weighted by molar-refractivity contribution is 0.0948. The Morgan fingerprint density at radius 3 is 3.10 bits per heavy atom. The van der Waals surface area contributed by atoms with Gasteiger partial charge in [-0.2, -0.15) is 4.37 Å². The van der Waals surface area contributed by atoms with Gasteiger partial charge in [0.1, 0.15) is 0 Å². The van der Waals surface area contributed by atoms with Crippen LogP contribution < -0.4 is 16.6 Å². The zero-order valence-electron chi connectivity index (χ0n) is 10.7. The van der Waals surface area contributed by atoms with Crippen LogP contribution in [0, 0.1) is 0 Å². The van der Waals surface area contributed by atoms with E-state index in [1.165, 1.54) is 5.56 Å². The number of aromatic amines is 1. The molecule has 6 nitrogen and oxygen atoms in total. The Balaban J connectivity index is 1.75. The average Bonchev–Trinajstić information content (AvgIpc) is 3.04. The van der Waals surface area contributed by atoms with Crippen molar-refractivity contribution in [2.45, 2.75) is 25.8 Å². The predicted octanol–water partition coefficient (Wildman–Crippen LogP) is 0.832. The molecule has 4 N–H and O–H groups in total. The van der Waals surface area contributed by atoms with Crippen molar-refractivity contribution in [2.75, 3.05) is 5.73 Å². The van der Waals surface area contributed by atoms with Crippen molar-refractivity contribution in [3.8, 4) is 0 Å². The average molecular weight is 290 g/mol. The second-order valence-electron chi connectivity index (χ2n) is 4.78. The number of carbonyl (C=O) groups excluding carboxylic acids is 1. The molecular weight excluding hydrogens is 276 g/mol. The molecule has 0 fully saturated rings. The van der Waals surface area contributed by atoms with Gasteiger partial charge in [-0.05, 0) is 42.4 Å². The summed E-state index contributed by atoms with van der Waals surface area (Å²) in [4.78, 5) is 26.7. The molecule has 0 saturated carbocycles. The monoisotopic (exact) mass is 290 g/mol. The minimum atomic E-state index is -0.358. The smallest absolute Gasteiger partial charge is 0.273 e. The summed E-state index contributed by atoms with van der Waals surface area (Å²) < 4.78 is 3.93. The number of aromatic nitrogens is 2. The molecule has 1 aliphatic carbocycles. The lowest BCUT2D eigenvalue weighted by Gasteiger charge is -2.06. The minimum absolute atomic E-state index is 0.141. The van der Waals surface area contributed by atoms with E-state index in [0.29, 0.717) is 11.3 Å². The lowest BCUT2D eigenvalue weighted by Crippen LogP contribution is -2.28. The van der Waals surface area contributed by atoms with Crippen molar-refractivity contribution in [1.82, 2.24) is 14.7 Å². The molecule has 0 aromatic carbocycles. The third-order valence-electron chi connectivity index (χ3n) is 3.42. The third kappa shape index (κ3) is 2.32. The first kappa shape index (κ1) is 12.9. The quantitative estimate of drug-likeness (QED) is 0.779. The number of H-pyrrole nitrogens is 1. The molecule has 2 heterocycles. The van der Waals surface area contributed by atoms with E-state index in [1.54, 1.807) is 5.38 Å². The predicted molar refractivity (Wildman–Crippen MR) is 76.8 cm³/mol. The molecule has 20 heavy (non-hydrogen) atoms. The Labute approximate surface area is 119 Å². The van der Waals surface area contributed by atoms with Crippen molar-refractivity contribution >= 4 is 23.1 Å². The Hall–Kier alpha value is -2.15. The maximum Gasteiger partial charge on any atom is 0.273 e. The Bertz CT molecular complexity index is 719. The summed E-state index contributed by atoms with van der Waals surface area (Å²) in [5, 5.41) is 4.29. The molecule has 3 rings (SSSR count). The number of pyridine rings is 1. The molecule has 0 unspecified atom stereocenters. The van der Waals surface area contributed by atoms with Gasteiger partial charge < -0.3 is 16.0 Å². The second-order valence-corrected chi connectivity index (χ2v) is 5.41. The van der Waals surface area contributed by atoms with Crippen molar-refractivity contribution in [3.63, 3.8) is 0 Å². The van der Waals surface area contributed by atoms with Gasteiger partial charge in [-0.1, -0.05) is 0 Å². The maximum atomic E-state index is 11.9. The SMILES string of the molecule is Nc1csnc1C(=O)NCc1cc2c([nH]c1=O)CCC2. The van der Waals surface area contributed by atoms with Gasteiger partial charge in [0.05, 0.1) is 5.69 Å². The summed E-state index contributed by atoms with van der Waals surface area (Å²) in [6, 6.07) is 1.88. The van der Waals surface area contributed by atoms with Crippen molar-refractivity contribution in [3.05, 3.63) is 44.3 Å². The molecule has 2 aromatic heterocycles. The molecule has 0 radical (unpaired) electrons. The number of nitrogens with two attached hydrogens (primary N) is 1. The van der Waals surface area contributed by atoms with E-state index in [4.69, 9.17) is 5.73 Å². The van der Waals surface area contributed by atoms with Crippen LogP contribution in [0.25, 0.3) is 0 Å². The molecule has 0 aliphatic heterocycles. The molecule has 0 bridgehead atoms. The molecule has 0 saturated heterocycles. The topological polar surface area (TPSA) is 101 Å². The van der Waals surface area contributed by atoms with E-state index >= 15 is 0 Å². The fraction of sp³-hybridized carbons (Fsp3) is 0.308. The fourth-order valence-electron chi connectivity index (χ4n) is 2.37. The highest BCUT2D eigenvalue weighted by Crippen LogP contribution is 2.18. The Morgan fingerprint density at radius 2 is 2.35 bits per heavy atom. The summed E-state index contributed by atoms with van der Waals surface area (Å²) in [6.45, 7) is 0.179. The van der Waals surface area contributed by atoms with Gasteiger partial charge >= 0.3 is 0 Å². The molecule has 1 amide bonds. The molecule has 0 atom stereocenters. The minimum Gasteiger partial charge on any atom is -0.396 e. The summed E-state index contributed by atoms with van der Waals surface area (Å²) in [5.74, 6) is -0.358. The standard InChI is InChI=1S/C13H14N4O2S/c14-9-6-20-17-11(9)13(19)15-5-8-4-7-2-1-3-10(7)16-12(8)18/h4,6H,1-3,5,14H2,(H,15,19)(H,16,18). The first-order valence-corrected chi connectivity index (χ1v) is 7.21. The number of aryl methyl sites for hydroxylation is 2. The van der Waals surface area contributed by atoms with E-state index in [-0.39, 0.29) is 23.7 Å². The van der Waals surface area contributed by atoms with E-state index in [2.05, 4.69) is 14.7 Å². The number of anilines is 1. The van der Waals surface area contributed by atoms with E-state index in [0.717, 1.165) is 36.5 Å². The molecule has 2 aromatic rings. The number of nitrogens with zero attached hydrogens (tertiary/aromatic N) is 1. The van der Waals surface area contributed by atoms with Crippen LogP contribution >= 0.6 is 11.5 Å². The van der Waals surface area contributed by atoms with Crippen molar-refractivity contribution in [2.24, 2.45) is 0 Å². The summed E-state index contributed by atoms with van der Waals surface area (Å²) in [5.41, 5.74) is 8.82. The summed E-state index contributed by atoms with van der Waals surface area (Å²) in [7, 11) is 0. The van der Waals surface area contributed by atoms with Crippen LogP contribution in [0.3, 0.4) is 0 Å². The number of hydrogen-bond donors (Lipinski definition) is 3. The van der Waals surface area contributed by atoms with E-state index in [9.17, 15) is 9.59 Å². The van der Waals surface area contributed by atoms with Gasteiger partial charge in [-0.3, -0.25) is 9.59 Å². The fourth-order valence-corrected chi connectivity index (χ4v) is 2.94. The number of amides is 1. The highest BCUT2D eigenvalue weighted by molar-refractivity contribution is 7.04. The van der Waals surface area contributed by atoms with Crippen LogP contribution in [0.2, 0.25) is 0 Å². The van der Waals surface area contributed by atoms with Gasteiger partial charge in [0.25, 0.3) is 11.5 Å². The first-order chi connectivity index (χ1) is 9.65. The number of fused-ring (bicyclic) bond motifs is 1. The van der Waals surface area contributed by atoms with Crippen molar-refractivity contribution in [1.29, 1.82) is 0 Å². The number of nitrogens with one attached hydrogen (secondary N) is 2. The molecule has 0 spiro atoms. The van der Waals surface area contributed by atoms with Crippen LogP contribution in [0.15, 0.2) is 16.2 Å². The Morgan fingerprint density at radius 1 is 1.50 bits per heavy atom. The summed E-state index contributed by atoms with van der Waals surface area (Å²) >= 11 is 1.13. The van der Waals surface area contributed by atoms with Crippen molar-refractivity contribution < 1.29 is 4.79 Å². The highest BCUT2D eigenvalue weighted by atomic mass is 32.1. The Kier molecular flexibility index (Phi) is 3.27. The molecule has 7 heteroatoms. The highest BCUT2D eigenvalue weighted by Gasteiger charge is 2.16. The number of hydrogen-bond acceptors (Lipinski definition) is 5. The molecule has 104 valence electrons. The van der Waals surface area contributed by atoms with Crippen LogP contribution in [0.1, 0.15) is 33.7 Å². The van der Waals surface area contributed by atoms with Gasteiger partial charge in [-0.25, -0.2) is 0 Å². The largest absolute Gasteiger partial charge is 0.396 e. The van der Waals surface area contributed by atoms with Crippen LogP contribution in [-0.4, -0.2) is 15.3 Å². The van der Waals surface area contributed by atoms with Crippen LogP contribution in [0.5, 0.6) is 0 Å². The van der Waals surface area contributed by atoms with E-state index < -0.39 is 0 Å². The van der Waals surface area contributed by atoms with Gasteiger partial charge in [0.2, 0.25) is 0 Å². The molecular formula is C13H14N4O2S. The zero-order valence-corrected chi connectivity index (χ0v) is 11.5. The molecule has 1 aliphatic rings. The maximum absolute atomic E-state index is 11.9. The third-order valence-corrected chi connectivity index (χ3v) is 4.06. The number of nitrogen functional groups attached to an aromatic ring is 1. The lowest BCUT2D eigenvalue weighted by atomic mass is 10.1.